The SMILES string of the molecule is CCNc1cc2c(cnn2-c2cnn(C34CC(COC)(C3)C4)c2)cc1Cl. The summed E-state index contributed by atoms with van der Waals surface area (Å²) in [7, 11) is 1.79. The zero-order valence-electron chi connectivity index (χ0n) is 15.0. The number of methoxy groups -OCH3 is 1. The van der Waals surface area contributed by atoms with Crippen LogP contribution in [0.1, 0.15) is 26.2 Å². The van der Waals surface area contributed by atoms with Crippen molar-refractivity contribution in [1.29, 1.82) is 0 Å². The van der Waals surface area contributed by atoms with Gasteiger partial charge in [0.1, 0.15) is 5.69 Å². The van der Waals surface area contributed by atoms with E-state index < -0.39 is 0 Å². The molecule has 3 aromatic rings. The molecule has 2 aromatic heterocycles. The Morgan fingerprint density at radius 2 is 2.04 bits per heavy atom. The molecule has 0 saturated heterocycles. The monoisotopic (exact) mass is 371 g/mol. The Labute approximate surface area is 157 Å². The van der Waals surface area contributed by atoms with Gasteiger partial charge in [-0.15, -0.1) is 0 Å². The minimum absolute atomic E-state index is 0.192. The first kappa shape index (κ1) is 16.1. The summed E-state index contributed by atoms with van der Waals surface area (Å²) in [6.07, 6.45) is 9.35. The summed E-state index contributed by atoms with van der Waals surface area (Å²) in [5, 5.41) is 14.2. The molecule has 3 aliphatic carbocycles. The Kier molecular flexibility index (Phi) is 3.40. The molecule has 6 rings (SSSR count). The molecule has 2 bridgehead atoms. The van der Waals surface area contributed by atoms with E-state index in [2.05, 4.69) is 39.4 Å². The number of halogens is 1. The van der Waals surface area contributed by atoms with Crippen LogP contribution in [0, 0.1) is 5.41 Å². The van der Waals surface area contributed by atoms with Gasteiger partial charge in [-0.05, 0) is 38.3 Å². The topological polar surface area (TPSA) is 56.9 Å². The molecule has 136 valence electrons. The van der Waals surface area contributed by atoms with Crippen LogP contribution in [0.15, 0.2) is 30.7 Å². The van der Waals surface area contributed by atoms with Crippen LogP contribution in [0.25, 0.3) is 16.6 Å². The molecule has 6 nitrogen and oxygen atoms in total. The van der Waals surface area contributed by atoms with Crippen LogP contribution in [0.2, 0.25) is 5.02 Å². The van der Waals surface area contributed by atoms with Crippen molar-refractivity contribution in [3.05, 3.63) is 35.7 Å². The number of hydrogen-bond donors (Lipinski definition) is 1. The zero-order chi connectivity index (χ0) is 17.9. The van der Waals surface area contributed by atoms with Crippen molar-refractivity contribution in [2.75, 3.05) is 25.6 Å². The maximum absolute atomic E-state index is 6.35. The molecule has 3 fully saturated rings. The third-order valence-electron chi connectivity index (χ3n) is 5.89. The van der Waals surface area contributed by atoms with Gasteiger partial charge in [-0.1, -0.05) is 11.6 Å². The fraction of sp³-hybridized carbons (Fsp3) is 0.474. The van der Waals surface area contributed by atoms with Crippen molar-refractivity contribution >= 4 is 28.2 Å². The zero-order valence-corrected chi connectivity index (χ0v) is 15.8. The number of fused-ring (bicyclic) bond motifs is 1. The average molecular weight is 372 g/mol. The van der Waals surface area contributed by atoms with E-state index in [1.165, 1.54) is 0 Å². The quantitative estimate of drug-likeness (QED) is 0.715. The standard InChI is InChI=1S/C19H22ClN5O/c1-3-21-16-5-17-13(4-15(16)20)6-23-25(17)14-7-22-24(8-14)19-9-18(10-19,11-19)12-26-2/h4-8,21H,3,9-12H2,1-2H3. The Morgan fingerprint density at radius 3 is 2.77 bits per heavy atom. The van der Waals surface area contributed by atoms with E-state index in [9.17, 15) is 0 Å². The molecule has 1 N–H and O–H groups in total. The number of nitrogens with one attached hydrogen (secondary N) is 1. The number of nitrogens with zero attached hydrogens (tertiary/aromatic N) is 4. The van der Waals surface area contributed by atoms with Crippen LogP contribution in [0.3, 0.4) is 0 Å². The molecule has 0 aliphatic heterocycles. The second-order valence-electron chi connectivity index (χ2n) is 7.81. The average Bonchev–Trinajstić information content (AvgIpc) is 3.16. The highest BCUT2D eigenvalue weighted by Crippen LogP contribution is 2.71. The Morgan fingerprint density at radius 1 is 1.23 bits per heavy atom. The van der Waals surface area contributed by atoms with E-state index in [4.69, 9.17) is 16.3 Å². The fourth-order valence-corrected chi connectivity index (χ4v) is 5.14. The number of benzene rings is 1. The summed E-state index contributed by atoms with van der Waals surface area (Å²) in [6.45, 7) is 3.74. The molecule has 26 heavy (non-hydrogen) atoms. The van der Waals surface area contributed by atoms with Gasteiger partial charge < -0.3 is 10.1 Å². The number of ether oxygens (including phenoxy) is 1. The highest BCUT2D eigenvalue weighted by Gasteiger charge is 2.69. The molecule has 2 heterocycles. The summed E-state index contributed by atoms with van der Waals surface area (Å²) in [6, 6.07) is 4.01. The number of anilines is 1. The molecule has 0 spiro atoms. The lowest BCUT2D eigenvalue weighted by molar-refractivity contribution is -0.217. The second-order valence-corrected chi connectivity index (χ2v) is 8.22. The minimum atomic E-state index is 0.192. The molecule has 7 heteroatoms. The van der Waals surface area contributed by atoms with Crippen molar-refractivity contribution < 1.29 is 4.74 Å². The molecule has 1 aromatic carbocycles. The largest absolute Gasteiger partial charge is 0.384 e. The molecule has 0 amide bonds. The second kappa shape index (κ2) is 5.47. The van der Waals surface area contributed by atoms with Gasteiger partial charge in [-0.3, -0.25) is 4.68 Å². The van der Waals surface area contributed by atoms with Gasteiger partial charge in [0.2, 0.25) is 0 Å². The van der Waals surface area contributed by atoms with Crippen LogP contribution in [-0.2, 0) is 10.3 Å². The van der Waals surface area contributed by atoms with Crippen molar-refractivity contribution in [1.82, 2.24) is 19.6 Å². The highest BCUT2D eigenvalue weighted by atomic mass is 35.5. The molecule has 0 unspecified atom stereocenters. The van der Waals surface area contributed by atoms with Gasteiger partial charge in [-0.25, -0.2) is 4.68 Å². The molecular weight excluding hydrogens is 350 g/mol. The molecule has 0 atom stereocenters. The first-order valence-electron chi connectivity index (χ1n) is 9.04. The molecule has 0 radical (unpaired) electrons. The van der Waals surface area contributed by atoms with Crippen molar-refractivity contribution in [3.63, 3.8) is 0 Å². The Bertz CT molecular complexity index is 971. The van der Waals surface area contributed by atoms with Crippen LogP contribution in [0.4, 0.5) is 5.69 Å². The van der Waals surface area contributed by atoms with Crippen LogP contribution in [-0.4, -0.2) is 39.8 Å². The van der Waals surface area contributed by atoms with Gasteiger partial charge in [0.05, 0.1) is 47.0 Å². The van der Waals surface area contributed by atoms with Crippen LogP contribution < -0.4 is 5.32 Å². The summed E-state index contributed by atoms with van der Waals surface area (Å²) in [4.78, 5) is 0. The smallest absolute Gasteiger partial charge is 0.103 e. The lowest BCUT2D eigenvalue weighted by Gasteiger charge is -2.70. The van der Waals surface area contributed by atoms with E-state index in [-0.39, 0.29) is 5.54 Å². The minimum Gasteiger partial charge on any atom is -0.384 e. The first-order chi connectivity index (χ1) is 12.6. The van der Waals surface area contributed by atoms with Gasteiger partial charge in [0.15, 0.2) is 0 Å². The molecular formula is C19H22ClN5O. The summed E-state index contributed by atoms with van der Waals surface area (Å²) >= 11 is 6.35. The van der Waals surface area contributed by atoms with E-state index in [1.54, 1.807) is 7.11 Å². The lowest BCUT2D eigenvalue weighted by Crippen LogP contribution is -2.69. The lowest BCUT2D eigenvalue weighted by atomic mass is 9.39. The normalized spacial score (nSPS) is 26.6. The predicted molar refractivity (Wildman–Crippen MR) is 102 cm³/mol. The Balaban J connectivity index is 1.46. The van der Waals surface area contributed by atoms with Crippen LogP contribution >= 0.6 is 11.6 Å². The number of hydrogen-bond acceptors (Lipinski definition) is 4. The summed E-state index contributed by atoms with van der Waals surface area (Å²) in [5.74, 6) is 0. The van der Waals surface area contributed by atoms with Gasteiger partial charge >= 0.3 is 0 Å². The first-order valence-corrected chi connectivity index (χ1v) is 9.42. The summed E-state index contributed by atoms with van der Waals surface area (Å²) < 4.78 is 9.43. The molecule has 3 saturated carbocycles. The third kappa shape index (κ3) is 2.15. The van der Waals surface area contributed by atoms with E-state index >= 15 is 0 Å². The van der Waals surface area contributed by atoms with Gasteiger partial charge in [-0.2, -0.15) is 10.2 Å². The number of rotatable bonds is 6. The van der Waals surface area contributed by atoms with Crippen molar-refractivity contribution in [2.24, 2.45) is 5.41 Å². The number of aromatic nitrogens is 4. The van der Waals surface area contributed by atoms with E-state index in [0.717, 1.165) is 54.7 Å². The van der Waals surface area contributed by atoms with Gasteiger partial charge in [0, 0.05) is 24.5 Å². The van der Waals surface area contributed by atoms with Crippen molar-refractivity contribution in [3.8, 4) is 5.69 Å². The summed E-state index contributed by atoms with van der Waals surface area (Å²) in [5.41, 5.74) is 3.53. The maximum Gasteiger partial charge on any atom is 0.103 e. The Hall–Kier alpha value is -2.05. The van der Waals surface area contributed by atoms with Crippen molar-refractivity contribution in [2.45, 2.75) is 31.7 Å². The third-order valence-corrected chi connectivity index (χ3v) is 6.20. The van der Waals surface area contributed by atoms with Crippen LogP contribution in [0.5, 0.6) is 0 Å². The van der Waals surface area contributed by atoms with E-state index in [1.807, 2.05) is 23.1 Å². The van der Waals surface area contributed by atoms with E-state index in [0.29, 0.717) is 10.4 Å². The predicted octanol–water partition coefficient (Wildman–Crippen LogP) is 3.83. The highest BCUT2D eigenvalue weighted by molar-refractivity contribution is 6.34. The molecule has 3 aliphatic rings. The maximum atomic E-state index is 6.35. The van der Waals surface area contributed by atoms with Gasteiger partial charge in [0.25, 0.3) is 0 Å². The fourth-order valence-electron chi connectivity index (χ4n) is 4.90.